The van der Waals surface area contributed by atoms with Crippen LogP contribution in [0.15, 0.2) is 50.7 Å². The molecule has 0 radical (unpaired) electrons. The van der Waals surface area contributed by atoms with Crippen molar-refractivity contribution in [3.63, 3.8) is 0 Å². The molecule has 0 saturated carbocycles. The van der Waals surface area contributed by atoms with E-state index in [0.717, 1.165) is 4.90 Å². The molecule has 2 aromatic rings. The van der Waals surface area contributed by atoms with E-state index >= 15 is 0 Å². The molecule has 0 atom stereocenters. The second-order valence-electron chi connectivity index (χ2n) is 6.00. The van der Waals surface area contributed by atoms with Gasteiger partial charge in [-0.3, -0.25) is 9.52 Å². The number of amides is 1. The average molecular weight is 506 g/mol. The Morgan fingerprint density at radius 2 is 1.93 bits per heavy atom. The largest absolute Gasteiger partial charge is 0.378 e. The Labute approximate surface area is 181 Å². The predicted octanol–water partition coefficient (Wildman–Crippen LogP) is 4.10. The number of halogens is 2. The molecular weight excluding hydrogens is 488 g/mol. The maximum absolute atomic E-state index is 12.9. The minimum absolute atomic E-state index is 0.0148. The summed E-state index contributed by atoms with van der Waals surface area (Å²) in [6.07, 6.45) is 1.85. The number of hydrogen-bond donors (Lipinski definition) is 1. The molecule has 0 unspecified atom stereocenters. The van der Waals surface area contributed by atoms with Crippen molar-refractivity contribution in [1.82, 2.24) is 4.90 Å². The molecule has 6 nitrogen and oxygen atoms in total. The molecule has 1 saturated heterocycles. The number of nitrogens with zero attached hydrogens (tertiary/aromatic N) is 1. The second-order valence-corrected chi connectivity index (χ2v) is 9.79. The summed E-state index contributed by atoms with van der Waals surface area (Å²) < 4.78 is 34.1. The van der Waals surface area contributed by atoms with Gasteiger partial charge in [0, 0.05) is 22.5 Å². The van der Waals surface area contributed by atoms with E-state index in [-0.39, 0.29) is 10.8 Å². The van der Waals surface area contributed by atoms with E-state index < -0.39 is 10.0 Å². The first-order valence-corrected chi connectivity index (χ1v) is 12.2. The van der Waals surface area contributed by atoms with Gasteiger partial charge < -0.3 is 9.64 Å². The van der Waals surface area contributed by atoms with E-state index in [2.05, 4.69) is 20.7 Å². The predicted molar refractivity (Wildman–Crippen MR) is 115 cm³/mol. The molecule has 1 aliphatic heterocycles. The third-order valence-corrected chi connectivity index (χ3v) is 7.59. The van der Waals surface area contributed by atoms with Gasteiger partial charge in [-0.05, 0) is 58.6 Å². The fraction of sp³-hybridized carbons (Fsp3) is 0.278. The molecule has 1 amide bonds. The molecule has 0 bridgehead atoms. The van der Waals surface area contributed by atoms with Crippen LogP contribution in [0.2, 0.25) is 5.02 Å². The summed E-state index contributed by atoms with van der Waals surface area (Å²) in [6.45, 7) is 1.92. The van der Waals surface area contributed by atoms with Crippen LogP contribution in [0.5, 0.6) is 0 Å². The highest BCUT2D eigenvalue weighted by Gasteiger charge is 2.24. The summed E-state index contributed by atoms with van der Waals surface area (Å²) in [4.78, 5) is 15.3. The van der Waals surface area contributed by atoms with Crippen molar-refractivity contribution in [2.45, 2.75) is 9.79 Å². The number of carbonyl (C=O) groups is 1. The normalized spacial score (nSPS) is 14.8. The highest BCUT2D eigenvalue weighted by atomic mass is 79.9. The smallest absolute Gasteiger partial charge is 0.261 e. The summed E-state index contributed by atoms with van der Waals surface area (Å²) in [5, 5.41) is 0.390. The lowest BCUT2D eigenvalue weighted by Gasteiger charge is -2.27. The number of benzene rings is 2. The minimum atomic E-state index is -3.88. The van der Waals surface area contributed by atoms with Crippen molar-refractivity contribution in [2.24, 2.45) is 0 Å². The zero-order valence-electron chi connectivity index (χ0n) is 14.9. The van der Waals surface area contributed by atoms with Crippen LogP contribution in [0.25, 0.3) is 0 Å². The minimum Gasteiger partial charge on any atom is -0.378 e. The summed E-state index contributed by atoms with van der Waals surface area (Å²) in [6, 6.07) is 9.34. The second kappa shape index (κ2) is 9.04. The van der Waals surface area contributed by atoms with E-state index in [1.807, 2.05) is 6.26 Å². The van der Waals surface area contributed by atoms with Gasteiger partial charge >= 0.3 is 0 Å². The molecule has 1 aliphatic rings. The van der Waals surface area contributed by atoms with Crippen LogP contribution in [0.4, 0.5) is 5.69 Å². The third kappa shape index (κ3) is 4.83. The van der Waals surface area contributed by atoms with Gasteiger partial charge in [0.2, 0.25) is 0 Å². The van der Waals surface area contributed by atoms with Crippen LogP contribution in [-0.2, 0) is 14.8 Å². The first kappa shape index (κ1) is 21.4. The molecule has 1 N–H and O–H groups in total. The lowest BCUT2D eigenvalue weighted by Crippen LogP contribution is -2.40. The van der Waals surface area contributed by atoms with E-state index in [0.29, 0.717) is 47.0 Å². The molecule has 1 heterocycles. The monoisotopic (exact) mass is 504 g/mol. The Balaban J connectivity index is 1.92. The number of anilines is 1. The van der Waals surface area contributed by atoms with Gasteiger partial charge in [0.1, 0.15) is 0 Å². The molecule has 10 heteroatoms. The fourth-order valence-electron chi connectivity index (χ4n) is 2.73. The number of thioether (sulfide) groups is 1. The van der Waals surface area contributed by atoms with Crippen LogP contribution in [0.1, 0.15) is 10.4 Å². The zero-order chi connectivity index (χ0) is 20.3. The van der Waals surface area contributed by atoms with E-state index in [9.17, 15) is 13.2 Å². The molecule has 28 heavy (non-hydrogen) atoms. The van der Waals surface area contributed by atoms with Crippen LogP contribution >= 0.6 is 39.3 Å². The maximum atomic E-state index is 12.9. The number of carbonyl (C=O) groups excluding carboxylic acids is 1. The van der Waals surface area contributed by atoms with E-state index in [4.69, 9.17) is 16.3 Å². The van der Waals surface area contributed by atoms with Crippen molar-refractivity contribution in [3.8, 4) is 0 Å². The molecule has 2 aromatic carbocycles. The molecule has 0 aromatic heterocycles. The first-order valence-electron chi connectivity index (χ1n) is 8.35. The van der Waals surface area contributed by atoms with Crippen molar-refractivity contribution in [2.75, 3.05) is 37.3 Å². The van der Waals surface area contributed by atoms with Gasteiger partial charge in [0.15, 0.2) is 0 Å². The topological polar surface area (TPSA) is 75.7 Å². The Hall–Kier alpha value is -1.26. The summed E-state index contributed by atoms with van der Waals surface area (Å²) in [7, 11) is -3.88. The van der Waals surface area contributed by atoms with Crippen molar-refractivity contribution in [3.05, 3.63) is 51.5 Å². The zero-order valence-corrected chi connectivity index (χ0v) is 18.9. The lowest BCUT2D eigenvalue weighted by molar-refractivity contribution is 0.0300. The SMILES string of the molecule is CSc1ccc(S(=O)(=O)Nc2ccc(Br)c(Cl)c2)cc1C(=O)N1CCOCC1. The Morgan fingerprint density at radius 3 is 2.57 bits per heavy atom. The number of ether oxygens (including phenoxy) is 1. The highest BCUT2D eigenvalue weighted by Crippen LogP contribution is 2.29. The van der Waals surface area contributed by atoms with Gasteiger partial charge in [0.05, 0.1) is 34.4 Å². The van der Waals surface area contributed by atoms with Gasteiger partial charge in [0.25, 0.3) is 15.9 Å². The van der Waals surface area contributed by atoms with Gasteiger partial charge in [-0.1, -0.05) is 11.6 Å². The molecular formula is C18H18BrClN2O4S2. The molecule has 150 valence electrons. The van der Waals surface area contributed by atoms with Gasteiger partial charge in [-0.2, -0.15) is 0 Å². The van der Waals surface area contributed by atoms with E-state index in [1.54, 1.807) is 23.1 Å². The number of rotatable bonds is 5. The average Bonchev–Trinajstić information content (AvgIpc) is 2.70. The molecule has 1 fully saturated rings. The number of hydrogen-bond acceptors (Lipinski definition) is 5. The lowest BCUT2D eigenvalue weighted by atomic mass is 10.2. The van der Waals surface area contributed by atoms with Crippen molar-refractivity contribution < 1.29 is 17.9 Å². The van der Waals surface area contributed by atoms with E-state index in [1.165, 1.54) is 30.0 Å². The van der Waals surface area contributed by atoms with Gasteiger partial charge in [-0.25, -0.2) is 8.42 Å². The number of sulfonamides is 1. The fourth-order valence-corrected chi connectivity index (χ4v) is 4.80. The van der Waals surface area contributed by atoms with Crippen LogP contribution < -0.4 is 4.72 Å². The molecule has 3 rings (SSSR count). The van der Waals surface area contributed by atoms with Crippen LogP contribution in [0, 0.1) is 0 Å². The Morgan fingerprint density at radius 1 is 1.21 bits per heavy atom. The Kier molecular flexibility index (Phi) is 6.93. The maximum Gasteiger partial charge on any atom is 0.261 e. The van der Waals surface area contributed by atoms with Crippen LogP contribution in [0.3, 0.4) is 0 Å². The summed E-state index contributed by atoms with van der Waals surface area (Å²) in [5.74, 6) is -0.198. The van der Waals surface area contributed by atoms with Crippen molar-refractivity contribution >= 4 is 60.9 Å². The van der Waals surface area contributed by atoms with Crippen molar-refractivity contribution in [1.29, 1.82) is 0 Å². The molecule has 0 spiro atoms. The summed E-state index contributed by atoms with van der Waals surface area (Å²) >= 11 is 10.7. The van der Waals surface area contributed by atoms with Gasteiger partial charge in [-0.15, -0.1) is 11.8 Å². The quantitative estimate of drug-likeness (QED) is 0.619. The Bertz CT molecular complexity index is 995. The standard InChI is InChI=1S/C18H18BrClN2O4S2/c1-27-17-5-3-13(11-14(17)18(23)22-6-8-26-9-7-22)28(24,25)21-12-2-4-15(19)16(20)10-12/h2-5,10-11,21H,6-9H2,1H3. The highest BCUT2D eigenvalue weighted by molar-refractivity contribution is 9.10. The number of nitrogens with one attached hydrogen (secondary N) is 1. The number of morpholine rings is 1. The van der Waals surface area contributed by atoms with Crippen LogP contribution in [-0.4, -0.2) is 51.8 Å². The third-order valence-electron chi connectivity index (χ3n) is 4.18. The molecule has 0 aliphatic carbocycles. The summed E-state index contributed by atoms with van der Waals surface area (Å²) in [5.41, 5.74) is 0.703. The first-order chi connectivity index (χ1) is 13.3.